The molecule has 2 heterocycles. The lowest BCUT2D eigenvalue weighted by molar-refractivity contribution is -0.660. The summed E-state index contributed by atoms with van der Waals surface area (Å²) in [5.74, 6) is 0. The third-order valence-corrected chi connectivity index (χ3v) is 8.46. The van der Waals surface area contributed by atoms with Crippen LogP contribution in [0.3, 0.4) is 0 Å². The SMILES string of the molecule is [2H]c1c(C([2H])([2H])[2H])c(C([2H])([2H])[2H])cc(-c2c(C)ccc3c2oc2c(-c4ccc5c(c4)C(C)(C)c4ccccc4-5)c(C#N)ccc23)[n+]1C. The molecule has 0 saturated heterocycles. The minimum Gasteiger partial charge on any atom is -0.454 e. The summed E-state index contributed by atoms with van der Waals surface area (Å²) in [4.78, 5) is 0. The molecular weight excluding hydrogens is 488 g/mol. The van der Waals surface area contributed by atoms with Gasteiger partial charge in [-0.1, -0.05) is 62.4 Å². The average Bonchev–Trinajstić information content (AvgIpc) is 3.49. The van der Waals surface area contributed by atoms with Gasteiger partial charge in [0.1, 0.15) is 19.6 Å². The van der Waals surface area contributed by atoms with E-state index in [1.165, 1.54) is 21.8 Å². The Labute approximate surface area is 244 Å². The normalized spacial score (nSPS) is 16.6. The van der Waals surface area contributed by atoms with Crippen molar-refractivity contribution < 1.29 is 18.6 Å². The van der Waals surface area contributed by atoms with E-state index in [1.807, 2.05) is 37.3 Å². The van der Waals surface area contributed by atoms with Crippen LogP contribution in [0.1, 0.15) is 56.8 Å². The number of rotatable bonds is 2. The van der Waals surface area contributed by atoms with Crippen LogP contribution in [0.25, 0.3) is 55.4 Å². The van der Waals surface area contributed by atoms with Crippen LogP contribution in [0.4, 0.5) is 0 Å². The highest BCUT2D eigenvalue weighted by molar-refractivity contribution is 6.14. The molecule has 0 radical (unpaired) electrons. The molecule has 1 aliphatic carbocycles. The first kappa shape index (κ1) is 17.8. The van der Waals surface area contributed by atoms with E-state index < -0.39 is 31.0 Å². The maximum atomic E-state index is 10.3. The highest BCUT2D eigenvalue weighted by Crippen LogP contribution is 2.50. The number of fused-ring (bicyclic) bond motifs is 6. The van der Waals surface area contributed by atoms with Crippen molar-refractivity contribution in [3.63, 3.8) is 0 Å². The maximum absolute atomic E-state index is 10.3. The van der Waals surface area contributed by atoms with Crippen LogP contribution >= 0.6 is 0 Å². The molecule has 0 spiro atoms. The Morgan fingerprint density at radius 2 is 1.55 bits per heavy atom. The average molecular weight is 527 g/mol. The van der Waals surface area contributed by atoms with Gasteiger partial charge in [-0.3, -0.25) is 0 Å². The van der Waals surface area contributed by atoms with Gasteiger partial charge in [-0.2, -0.15) is 5.26 Å². The number of hydrogen-bond donors (Lipinski definition) is 0. The van der Waals surface area contributed by atoms with Crippen molar-refractivity contribution in [2.75, 3.05) is 0 Å². The number of furan rings is 1. The van der Waals surface area contributed by atoms with Crippen LogP contribution in [0.5, 0.6) is 0 Å². The minimum atomic E-state index is -2.80. The molecule has 3 nitrogen and oxygen atoms in total. The lowest BCUT2D eigenvalue weighted by Crippen LogP contribution is -2.31. The van der Waals surface area contributed by atoms with Gasteiger partial charge in [0.15, 0.2) is 6.17 Å². The fraction of sp³-hybridized carbons (Fsp3) is 0.189. The summed E-state index contributed by atoms with van der Waals surface area (Å²) in [5.41, 5.74) is 8.20. The quantitative estimate of drug-likeness (QED) is 0.211. The van der Waals surface area contributed by atoms with Crippen LogP contribution in [0, 0.1) is 32.0 Å². The van der Waals surface area contributed by atoms with E-state index in [2.05, 4.69) is 50.2 Å². The Bertz CT molecular complexity index is 2360. The second-order valence-corrected chi connectivity index (χ2v) is 11.1. The van der Waals surface area contributed by atoms with Gasteiger partial charge in [0, 0.05) is 41.6 Å². The summed E-state index contributed by atoms with van der Waals surface area (Å²) in [6.07, 6.45) is -0.407. The summed E-state index contributed by atoms with van der Waals surface area (Å²) >= 11 is 0. The summed E-state index contributed by atoms with van der Waals surface area (Å²) < 4.78 is 65.4. The smallest absolute Gasteiger partial charge is 0.216 e. The molecule has 194 valence electrons. The molecule has 0 atom stereocenters. The Morgan fingerprint density at radius 1 is 0.825 bits per heavy atom. The number of aryl methyl sites for hydroxylation is 2. The molecule has 7 rings (SSSR count). The van der Waals surface area contributed by atoms with Crippen molar-refractivity contribution >= 4 is 21.9 Å². The fourth-order valence-electron chi connectivity index (χ4n) is 6.39. The van der Waals surface area contributed by atoms with E-state index in [0.717, 1.165) is 33.0 Å². The summed E-state index contributed by atoms with van der Waals surface area (Å²) in [7, 11) is 1.56. The predicted octanol–water partition coefficient (Wildman–Crippen LogP) is 8.85. The number of nitriles is 1. The number of aromatic nitrogens is 1. The van der Waals surface area contributed by atoms with Crippen molar-refractivity contribution in [3.05, 3.63) is 112 Å². The molecule has 0 fully saturated rings. The van der Waals surface area contributed by atoms with Gasteiger partial charge in [0.25, 0.3) is 0 Å². The number of pyridine rings is 1. The van der Waals surface area contributed by atoms with Crippen LogP contribution < -0.4 is 4.57 Å². The zero-order valence-electron chi connectivity index (χ0n) is 29.7. The van der Waals surface area contributed by atoms with E-state index >= 15 is 0 Å². The zero-order chi connectivity index (χ0) is 33.8. The van der Waals surface area contributed by atoms with Gasteiger partial charge >= 0.3 is 0 Å². The monoisotopic (exact) mass is 526 g/mol. The molecule has 1 aliphatic rings. The molecule has 4 aromatic carbocycles. The largest absolute Gasteiger partial charge is 0.454 e. The highest BCUT2D eigenvalue weighted by atomic mass is 16.3. The Kier molecular flexibility index (Phi) is 3.75. The molecule has 6 aromatic rings. The molecule has 0 saturated carbocycles. The minimum absolute atomic E-state index is 0.245. The van der Waals surface area contributed by atoms with E-state index in [-0.39, 0.29) is 5.41 Å². The molecule has 2 aromatic heterocycles. The second kappa shape index (κ2) is 8.41. The van der Waals surface area contributed by atoms with E-state index in [9.17, 15) is 5.26 Å². The van der Waals surface area contributed by atoms with Crippen molar-refractivity contribution in [3.8, 4) is 39.6 Å². The summed E-state index contributed by atoms with van der Waals surface area (Å²) in [6, 6.07) is 25.8. The Balaban J connectivity index is 1.52. The van der Waals surface area contributed by atoms with Gasteiger partial charge < -0.3 is 4.42 Å². The van der Waals surface area contributed by atoms with Crippen molar-refractivity contribution in [1.29, 1.82) is 5.26 Å². The molecule has 0 bridgehead atoms. The summed E-state index contributed by atoms with van der Waals surface area (Å²) in [5, 5.41) is 11.8. The predicted molar refractivity (Wildman–Crippen MR) is 162 cm³/mol. The van der Waals surface area contributed by atoms with Crippen LogP contribution in [-0.2, 0) is 12.5 Å². The van der Waals surface area contributed by atoms with Crippen LogP contribution in [0.15, 0.2) is 83.4 Å². The molecule has 0 unspecified atom stereocenters. The first-order chi connectivity index (χ1) is 22.1. The molecule has 0 N–H and O–H groups in total. The van der Waals surface area contributed by atoms with Gasteiger partial charge in [0.2, 0.25) is 5.69 Å². The standard InChI is InChI=1S/C37H31N2O/c1-21-11-14-28-29-16-13-25(19-38)34(36(29)40-35(28)33(21)32-17-22(2)23(3)20-39(32)6)24-12-15-27-26-9-7-8-10-30(26)37(4,5)31(27)18-24/h7-18,20H,1-6H3/q+1/i2D3,3D3,20D. The number of nitrogens with zero attached hydrogens (tertiary/aromatic N) is 2. The molecule has 0 aliphatic heterocycles. The van der Waals surface area contributed by atoms with Crippen molar-refractivity contribution in [1.82, 2.24) is 0 Å². The molecular formula is C37H31N2O+. The molecule has 40 heavy (non-hydrogen) atoms. The maximum Gasteiger partial charge on any atom is 0.216 e. The lowest BCUT2D eigenvalue weighted by Gasteiger charge is -2.22. The lowest BCUT2D eigenvalue weighted by atomic mass is 9.81. The topological polar surface area (TPSA) is 40.8 Å². The van der Waals surface area contributed by atoms with Gasteiger partial charge in [-0.15, -0.1) is 0 Å². The Hall–Kier alpha value is -4.68. The zero-order valence-corrected chi connectivity index (χ0v) is 22.7. The first-order valence-corrected chi connectivity index (χ1v) is 13.2. The van der Waals surface area contributed by atoms with Crippen molar-refractivity contribution in [2.45, 2.75) is 39.9 Å². The van der Waals surface area contributed by atoms with E-state index in [0.29, 0.717) is 33.6 Å². The summed E-state index contributed by atoms with van der Waals surface area (Å²) in [6.45, 7) is 0.699. The van der Waals surface area contributed by atoms with Crippen LogP contribution in [-0.4, -0.2) is 0 Å². The van der Waals surface area contributed by atoms with Gasteiger partial charge in [-0.05, 0) is 77.8 Å². The van der Waals surface area contributed by atoms with Crippen LogP contribution in [0.2, 0.25) is 0 Å². The fourth-order valence-corrected chi connectivity index (χ4v) is 6.39. The van der Waals surface area contributed by atoms with Crippen molar-refractivity contribution in [2.24, 2.45) is 7.05 Å². The second-order valence-electron chi connectivity index (χ2n) is 11.1. The third kappa shape index (κ3) is 3.26. The first-order valence-electron chi connectivity index (χ1n) is 16.7. The van der Waals surface area contributed by atoms with Gasteiger partial charge in [-0.25, -0.2) is 4.57 Å². The highest BCUT2D eigenvalue weighted by Gasteiger charge is 2.35. The van der Waals surface area contributed by atoms with E-state index in [4.69, 9.17) is 14.0 Å². The Morgan fingerprint density at radius 3 is 2.33 bits per heavy atom. The van der Waals surface area contributed by atoms with E-state index in [1.54, 1.807) is 13.1 Å². The third-order valence-electron chi connectivity index (χ3n) is 8.46. The number of hydrogen-bond acceptors (Lipinski definition) is 2. The molecule has 3 heteroatoms. The number of benzene rings is 4. The van der Waals surface area contributed by atoms with Gasteiger partial charge in [0.05, 0.1) is 17.2 Å². The molecule has 0 amide bonds.